The van der Waals surface area contributed by atoms with Crippen molar-refractivity contribution in [3.8, 4) is 0 Å². The third kappa shape index (κ3) is 5.05. The minimum absolute atomic E-state index is 0. The molecule has 8 nitrogen and oxygen atoms in total. The summed E-state index contributed by atoms with van der Waals surface area (Å²) in [6.07, 6.45) is 0. The summed E-state index contributed by atoms with van der Waals surface area (Å²) in [7, 11) is 3.37. The molecule has 0 unspecified atom stereocenters. The van der Waals surface area contributed by atoms with Gasteiger partial charge in [0, 0.05) is 43.9 Å². The highest BCUT2D eigenvalue weighted by molar-refractivity contribution is 6.15. The van der Waals surface area contributed by atoms with Gasteiger partial charge in [-0.3, -0.25) is 19.7 Å². The van der Waals surface area contributed by atoms with E-state index >= 15 is 0 Å². The van der Waals surface area contributed by atoms with Crippen LogP contribution in [0.15, 0.2) is 42.5 Å². The highest BCUT2D eigenvalue weighted by Crippen LogP contribution is 2.29. The fourth-order valence-corrected chi connectivity index (χ4v) is 2.58. The number of nitrogens with zero attached hydrogens (tertiary/aromatic N) is 2. The van der Waals surface area contributed by atoms with E-state index in [9.17, 15) is 19.7 Å². The zero-order chi connectivity index (χ0) is 20.1. The van der Waals surface area contributed by atoms with Crippen LogP contribution in [0.5, 0.6) is 0 Å². The van der Waals surface area contributed by atoms with E-state index in [1.54, 1.807) is 38.1 Å². The van der Waals surface area contributed by atoms with Crippen LogP contribution in [-0.2, 0) is 0 Å². The van der Waals surface area contributed by atoms with Gasteiger partial charge in [0.05, 0.1) is 10.5 Å². The molecule has 0 aliphatic heterocycles. The van der Waals surface area contributed by atoms with Gasteiger partial charge in [0.2, 0.25) is 0 Å². The fourth-order valence-electron chi connectivity index (χ4n) is 2.58. The van der Waals surface area contributed by atoms with E-state index in [0.29, 0.717) is 5.69 Å². The lowest BCUT2D eigenvalue weighted by Gasteiger charge is -2.15. The minimum Gasteiger partial charge on any atom is -0.372 e. The molecule has 0 radical (unpaired) electrons. The molecule has 0 aliphatic carbocycles. The van der Waals surface area contributed by atoms with Crippen LogP contribution in [0.3, 0.4) is 0 Å². The quantitative estimate of drug-likeness (QED) is 0.414. The summed E-state index contributed by atoms with van der Waals surface area (Å²) in [5.74, 6) is -0.883. The monoisotopic (exact) mass is 406 g/mol. The lowest BCUT2D eigenvalue weighted by molar-refractivity contribution is -0.384. The number of nitrogens with one attached hydrogen (secondary N) is 1. The summed E-state index contributed by atoms with van der Waals surface area (Å²) in [6.45, 7) is 2.02. The first kappa shape index (κ1) is 23.1. The van der Waals surface area contributed by atoms with E-state index in [1.165, 1.54) is 30.3 Å². The van der Waals surface area contributed by atoms with Crippen LogP contribution in [0, 0.1) is 10.1 Å². The van der Waals surface area contributed by atoms with Crippen LogP contribution < -0.4 is 16.0 Å². The molecule has 0 saturated heterocycles. The zero-order valence-corrected chi connectivity index (χ0v) is 16.7. The SMILES string of the molecule is C[C@@H](CN)NC(=O)c1ccccc1C(=O)c1ccc(N(C)C)c([N+](=O)[O-])c1.Cl. The molecule has 28 heavy (non-hydrogen) atoms. The molecule has 0 saturated carbocycles. The molecule has 3 N–H and O–H groups in total. The van der Waals surface area contributed by atoms with E-state index in [0.717, 1.165) is 0 Å². The highest BCUT2D eigenvalue weighted by Gasteiger charge is 2.23. The van der Waals surface area contributed by atoms with Crippen LogP contribution in [0.25, 0.3) is 0 Å². The van der Waals surface area contributed by atoms with Crippen molar-refractivity contribution in [2.75, 3.05) is 25.5 Å². The Kier molecular flexibility index (Phi) is 8.09. The second-order valence-corrected chi connectivity index (χ2v) is 6.34. The van der Waals surface area contributed by atoms with Gasteiger partial charge in [-0.2, -0.15) is 0 Å². The Morgan fingerprint density at radius 3 is 2.32 bits per heavy atom. The first-order valence-corrected chi connectivity index (χ1v) is 8.36. The van der Waals surface area contributed by atoms with Crippen molar-refractivity contribution in [2.24, 2.45) is 5.73 Å². The molecule has 0 bridgehead atoms. The number of nitrogens with two attached hydrogens (primary N) is 1. The average molecular weight is 407 g/mol. The molecule has 9 heteroatoms. The molecule has 0 aromatic heterocycles. The molecule has 2 aromatic carbocycles. The number of anilines is 1. The molecular weight excluding hydrogens is 384 g/mol. The Labute approximate surface area is 169 Å². The van der Waals surface area contributed by atoms with Crippen molar-refractivity contribution < 1.29 is 14.5 Å². The number of hydrogen-bond donors (Lipinski definition) is 2. The number of amides is 1. The minimum atomic E-state index is -0.534. The van der Waals surface area contributed by atoms with Gasteiger partial charge in [-0.25, -0.2) is 0 Å². The lowest BCUT2D eigenvalue weighted by Crippen LogP contribution is -2.38. The summed E-state index contributed by atoms with van der Waals surface area (Å²) in [5.41, 5.74) is 6.24. The van der Waals surface area contributed by atoms with Gasteiger partial charge in [-0.15, -0.1) is 12.4 Å². The Morgan fingerprint density at radius 2 is 1.79 bits per heavy atom. The smallest absolute Gasteiger partial charge is 0.293 e. The van der Waals surface area contributed by atoms with Gasteiger partial charge in [0.1, 0.15) is 5.69 Å². The molecule has 1 amide bonds. The molecule has 2 rings (SSSR count). The summed E-state index contributed by atoms with van der Waals surface area (Å²) in [5, 5.41) is 14.1. The number of benzene rings is 2. The topological polar surface area (TPSA) is 119 Å². The normalized spacial score (nSPS) is 11.1. The molecule has 2 aromatic rings. The van der Waals surface area contributed by atoms with Gasteiger partial charge < -0.3 is 16.0 Å². The maximum atomic E-state index is 12.9. The highest BCUT2D eigenvalue weighted by atomic mass is 35.5. The predicted octanol–water partition coefficient (Wildman–Crippen LogP) is 2.39. The third-order valence-corrected chi connectivity index (χ3v) is 4.06. The van der Waals surface area contributed by atoms with Crippen LogP contribution in [-0.4, -0.2) is 43.3 Å². The number of carbonyl (C=O) groups is 2. The van der Waals surface area contributed by atoms with Crippen LogP contribution in [0.1, 0.15) is 33.2 Å². The number of nitro groups is 1. The summed E-state index contributed by atoms with van der Waals surface area (Å²) in [4.78, 5) is 37.8. The molecule has 0 heterocycles. The van der Waals surface area contributed by atoms with Crippen molar-refractivity contribution >= 4 is 35.5 Å². The second-order valence-electron chi connectivity index (χ2n) is 6.34. The number of halogens is 1. The van der Waals surface area contributed by atoms with Gasteiger partial charge in [0.15, 0.2) is 5.78 Å². The Balaban J connectivity index is 0.00000392. The maximum Gasteiger partial charge on any atom is 0.293 e. The third-order valence-electron chi connectivity index (χ3n) is 4.06. The molecular formula is C19H23ClN4O4. The Bertz CT molecular complexity index is 886. The van der Waals surface area contributed by atoms with Gasteiger partial charge in [0.25, 0.3) is 11.6 Å². The molecule has 1 atom stereocenters. The van der Waals surface area contributed by atoms with Gasteiger partial charge >= 0.3 is 0 Å². The summed E-state index contributed by atoms with van der Waals surface area (Å²) >= 11 is 0. The van der Waals surface area contributed by atoms with Crippen molar-refractivity contribution in [3.63, 3.8) is 0 Å². The summed E-state index contributed by atoms with van der Waals surface area (Å²) in [6, 6.07) is 10.4. The van der Waals surface area contributed by atoms with E-state index < -0.39 is 16.6 Å². The van der Waals surface area contributed by atoms with E-state index in [-0.39, 0.29) is 47.4 Å². The number of rotatable bonds is 7. The van der Waals surface area contributed by atoms with E-state index in [2.05, 4.69) is 5.32 Å². The van der Waals surface area contributed by atoms with Crippen LogP contribution >= 0.6 is 12.4 Å². The predicted molar refractivity (Wildman–Crippen MR) is 111 cm³/mol. The second kappa shape index (κ2) is 9.82. The van der Waals surface area contributed by atoms with Crippen LogP contribution in [0.2, 0.25) is 0 Å². The first-order chi connectivity index (χ1) is 12.8. The van der Waals surface area contributed by atoms with Crippen molar-refractivity contribution in [1.82, 2.24) is 5.32 Å². The van der Waals surface area contributed by atoms with Crippen molar-refractivity contribution in [3.05, 3.63) is 69.3 Å². The van der Waals surface area contributed by atoms with Crippen LogP contribution in [0.4, 0.5) is 11.4 Å². The fraction of sp³-hybridized carbons (Fsp3) is 0.263. The van der Waals surface area contributed by atoms with Gasteiger partial charge in [-0.1, -0.05) is 18.2 Å². The van der Waals surface area contributed by atoms with Gasteiger partial charge in [-0.05, 0) is 25.1 Å². The zero-order valence-electron chi connectivity index (χ0n) is 15.8. The molecule has 150 valence electrons. The van der Waals surface area contributed by atoms with E-state index in [1.807, 2.05) is 0 Å². The number of carbonyl (C=O) groups excluding carboxylic acids is 2. The maximum absolute atomic E-state index is 12.9. The first-order valence-electron chi connectivity index (χ1n) is 8.36. The summed E-state index contributed by atoms with van der Waals surface area (Å²) < 4.78 is 0. The molecule has 0 fully saturated rings. The lowest BCUT2D eigenvalue weighted by atomic mass is 9.97. The number of hydrogen-bond acceptors (Lipinski definition) is 6. The standard InChI is InChI=1S/C19H22N4O4.ClH/c1-12(11-20)21-19(25)15-7-5-4-6-14(15)18(24)13-8-9-16(22(2)3)17(10-13)23(26)27;/h4-10,12H,11,20H2,1-3H3,(H,21,25);1H/t12-;/m0./s1. The van der Waals surface area contributed by atoms with Crippen molar-refractivity contribution in [1.29, 1.82) is 0 Å². The molecule has 0 aliphatic rings. The number of ketones is 1. The van der Waals surface area contributed by atoms with E-state index in [4.69, 9.17) is 5.73 Å². The average Bonchev–Trinajstić information content (AvgIpc) is 2.66. The largest absolute Gasteiger partial charge is 0.372 e. The Morgan fingerprint density at radius 1 is 1.18 bits per heavy atom. The number of nitro benzene ring substituents is 1. The molecule has 0 spiro atoms. The van der Waals surface area contributed by atoms with Crippen molar-refractivity contribution in [2.45, 2.75) is 13.0 Å². The Hall–Kier alpha value is -2.97.